The first-order valence-electron chi connectivity index (χ1n) is 8.79. The van der Waals surface area contributed by atoms with E-state index in [1.54, 1.807) is 11.3 Å². The van der Waals surface area contributed by atoms with Gasteiger partial charge in [-0.2, -0.15) is 0 Å². The SMILES string of the molecule is Cc1cc(C(=O)N2CCN(c3ncc(F)cn3)CC2)sc1-c1ccccc1. The number of rotatable bonds is 3. The zero-order valence-electron chi connectivity index (χ0n) is 14.9. The third-order valence-electron chi connectivity index (χ3n) is 4.62. The number of halogens is 1. The molecule has 27 heavy (non-hydrogen) atoms. The van der Waals surface area contributed by atoms with E-state index in [0.717, 1.165) is 20.9 Å². The van der Waals surface area contributed by atoms with Crippen LogP contribution in [0.3, 0.4) is 0 Å². The van der Waals surface area contributed by atoms with Crippen molar-refractivity contribution < 1.29 is 9.18 Å². The number of aromatic nitrogens is 2. The van der Waals surface area contributed by atoms with Crippen LogP contribution in [0.4, 0.5) is 10.3 Å². The van der Waals surface area contributed by atoms with Crippen LogP contribution in [0.15, 0.2) is 48.8 Å². The number of carbonyl (C=O) groups excluding carboxylic acids is 1. The predicted molar refractivity (Wildman–Crippen MR) is 105 cm³/mol. The minimum atomic E-state index is -0.449. The first-order chi connectivity index (χ1) is 13.1. The lowest BCUT2D eigenvalue weighted by atomic mass is 10.1. The van der Waals surface area contributed by atoms with Crippen LogP contribution in [0.2, 0.25) is 0 Å². The van der Waals surface area contributed by atoms with Gasteiger partial charge >= 0.3 is 0 Å². The standard InChI is InChI=1S/C20H19FN4OS/c1-14-11-17(27-18(14)15-5-3-2-4-6-15)19(26)24-7-9-25(10-8-24)20-22-12-16(21)13-23-20/h2-6,11-13H,7-10H2,1H3. The number of hydrogen-bond donors (Lipinski definition) is 0. The van der Waals surface area contributed by atoms with Crippen molar-refractivity contribution in [2.75, 3.05) is 31.1 Å². The van der Waals surface area contributed by atoms with Gasteiger partial charge in [0.05, 0.1) is 17.3 Å². The van der Waals surface area contributed by atoms with Gasteiger partial charge in [-0.15, -0.1) is 11.3 Å². The highest BCUT2D eigenvalue weighted by Gasteiger charge is 2.25. The van der Waals surface area contributed by atoms with Crippen LogP contribution in [-0.4, -0.2) is 47.0 Å². The van der Waals surface area contributed by atoms with Crippen molar-refractivity contribution in [3.63, 3.8) is 0 Å². The van der Waals surface area contributed by atoms with Gasteiger partial charge in [-0.05, 0) is 24.1 Å². The van der Waals surface area contributed by atoms with Crippen molar-refractivity contribution in [1.82, 2.24) is 14.9 Å². The van der Waals surface area contributed by atoms with E-state index in [-0.39, 0.29) is 5.91 Å². The Morgan fingerprint density at radius 3 is 2.41 bits per heavy atom. The van der Waals surface area contributed by atoms with Crippen LogP contribution in [-0.2, 0) is 0 Å². The van der Waals surface area contributed by atoms with E-state index in [1.807, 2.05) is 41.0 Å². The van der Waals surface area contributed by atoms with Gasteiger partial charge in [-0.1, -0.05) is 30.3 Å². The Bertz CT molecular complexity index is 934. The summed E-state index contributed by atoms with van der Waals surface area (Å²) in [5, 5.41) is 0. The molecule has 4 rings (SSSR count). The molecule has 3 aromatic rings. The van der Waals surface area contributed by atoms with Crippen LogP contribution in [0.1, 0.15) is 15.2 Å². The van der Waals surface area contributed by atoms with E-state index in [1.165, 1.54) is 12.4 Å². The Morgan fingerprint density at radius 1 is 1.07 bits per heavy atom. The second-order valence-electron chi connectivity index (χ2n) is 6.47. The van der Waals surface area contributed by atoms with E-state index < -0.39 is 5.82 Å². The van der Waals surface area contributed by atoms with Gasteiger partial charge in [0.1, 0.15) is 0 Å². The summed E-state index contributed by atoms with van der Waals surface area (Å²) in [6.07, 6.45) is 2.33. The maximum absolute atomic E-state index is 13.0. The molecule has 1 aromatic carbocycles. The van der Waals surface area contributed by atoms with Gasteiger partial charge in [0, 0.05) is 31.1 Å². The second-order valence-corrected chi connectivity index (χ2v) is 7.52. The number of amides is 1. The molecular formula is C20H19FN4OS. The monoisotopic (exact) mass is 382 g/mol. The first kappa shape index (κ1) is 17.6. The van der Waals surface area contributed by atoms with E-state index in [4.69, 9.17) is 0 Å². The number of thiophene rings is 1. The average Bonchev–Trinajstić information content (AvgIpc) is 3.10. The normalized spacial score (nSPS) is 14.4. The zero-order valence-corrected chi connectivity index (χ0v) is 15.7. The molecule has 0 aliphatic carbocycles. The molecule has 0 unspecified atom stereocenters. The van der Waals surface area contributed by atoms with Gasteiger partial charge in [0.2, 0.25) is 5.95 Å². The summed E-state index contributed by atoms with van der Waals surface area (Å²) in [6, 6.07) is 12.1. The van der Waals surface area contributed by atoms with Crippen molar-refractivity contribution in [3.05, 3.63) is 65.0 Å². The van der Waals surface area contributed by atoms with Gasteiger partial charge in [-0.25, -0.2) is 14.4 Å². The summed E-state index contributed by atoms with van der Waals surface area (Å²) < 4.78 is 13.0. The highest BCUT2D eigenvalue weighted by Crippen LogP contribution is 2.33. The van der Waals surface area contributed by atoms with Crippen LogP contribution >= 0.6 is 11.3 Å². The van der Waals surface area contributed by atoms with Crippen LogP contribution in [0, 0.1) is 12.7 Å². The van der Waals surface area contributed by atoms with Gasteiger partial charge in [-0.3, -0.25) is 4.79 Å². The Labute approximate surface area is 161 Å². The lowest BCUT2D eigenvalue weighted by molar-refractivity contribution is 0.0751. The maximum atomic E-state index is 13.0. The summed E-state index contributed by atoms with van der Waals surface area (Å²) in [5.74, 6) is 0.113. The molecule has 1 fully saturated rings. The van der Waals surface area contributed by atoms with Gasteiger partial charge in [0.25, 0.3) is 5.91 Å². The highest BCUT2D eigenvalue weighted by atomic mass is 32.1. The molecule has 138 valence electrons. The fourth-order valence-corrected chi connectivity index (χ4v) is 4.34. The molecule has 0 saturated carbocycles. The smallest absolute Gasteiger partial charge is 0.264 e. The number of benzene rings is 1. The van der Waals surface area contributed by atoms with Crippen molar-refractivity contribution in [2.24, 2.45) is 0 Å². The summed E-state index contributed by atoms with van der Waals surface area (Å²) in [4.78, 5) is 26.7. The molecule has 7 heteroatoms. The van der Waals surface area contributed by atoms with Crippen LogP contribution in [0.25, 0.3) is 10.4 Å². The fraction of sp³-hybridized carbons (Fsp3) is 0.250. The molecule has 1 aliphatic rings. The molecule has 0 bridgehead atoms. The zero-order chi connectivity index (χ0) is 18.8. The Hall–Kier alpha value is -2.80. The van der Waals surface area contributed by atoms with Gasteiger partial charge in [0.15, 0.2) is 5.82 Å². The summed E-state index contributed by atoms with van der Waals surface area (Å²) in [5.41, 5.74) is 2.25. The highest BCUT2D eigenvalue weighted by molar-refractivity contribution is 7.17. The molecule has 0 spiro atoms. The summed E-state index contributed by atoms with van der Waals surface area (Å²) >= 11 is 1.54. The third-order valence-corrected chi connectivity index (χ3v) is 5.90. The molecule has 1 amide bonds. The number of carbonyl (C=O) groups is 1. The van der Waals surface area contributed by atoms with E-state index in [9.17, 15) is 9.18 Å². The maximum Gasteiger partial charge on any atom is 0.264 e. The van der Waals surface area contributed by atoms with Crippen molar-refractivity contribution in [2.45, 2.75) is 6.92 Å². The Kier molecular flexibility index (Phi) is 4.85. The number of aryl methyl sites for hydroxylation is 1. The van der Waals surface area contributed by atoms with E-state index in [2.05, 4.69) is 22.1 Å². The molecule has 0 N–H and O–H groups in total. The number of anilines is 1. The largest absolute Gasteiger partial charge is 0.337 e. The third kappa shape index (κ3) is 3.68. The topological polar surface area (TPSA) is 49.3 Å². The van der Waals surface area contributed by atoms with Gasteiger partial charge < -0.3 is 9.80 Å². The van der Waals surface area contributed by atoms with E-state index in [0.29, 0.717) is 32.1 Å². The molecule has 3 heterocycles. The quantitative estimate of drug-likeness (QED) is 0.694. The molecular weight excluding hydrogens is 363 g/mol. The Morgan fingerprint density at radius 2 is 1.74 bits per heavy atom. The fourth-order valence-electron chi connectivity index (χ4n) is 3.20. The van der Waals surface area contributed by atoms with Crippen molar-refractivity contribution in [3.8, 4) is 10.4 Å². The van der Waals surface area contributed by atoms with Crippen LogP contribution < -0.4 is 4.90 Å². The summed E-state index contributed by atoms with van der Waals surface area (Å²) in [7, 11) is 0. The Balaban J connectivity index is 1.45. The number of nitrogens with zero attached hydrogens (tertiary/aromatic N) is 4. The molecule has 1 aliphatic heterocycles. The lowest BCUT2D eigenvalue weighted by Gasteiger charge is -2.34. The molecule has 2 aromatic heterocycles. The molecule has 1 saturated heterocycles. The number of hydrogen-bond acceptors (Lipinski definition) is 5. The average molecular weight is 382 g/mol. The molecule has 0 atom stereocenters. The van der Waals surface area contributed by atoms with Crippen LogP contribution in [0.5, 0.6) is 0 Å². The number of piperazine rings is 1. The van der Waals surface area contributed by atoms with E-state index >= 15 is 0 Å². The first-order valence-corrected chi connectivity index (χ1v) is 9.61. The minimum absolute atomic E-state index is 0.0601. The predicted octanol–water partition coefficient (Wildman–Crippen LogP) is 3.62. The van der Waals surface area contributed by atoms with Crippen molar-refractivity contribution in [1.29, 1.82) is 0 Å². The summed E-state index contributed by atoms with van der Waals surface area (Å²) in [6.45, 7) is 4.49. The minimum Gasteiger partial charge on any atom is -0.337 e. The van der Waals surface area contributed by atoms with Crippen molar-refractivity contribution >= 4 is 23.2 Å². The molecule has 0 radical (unpaired) electrons. The molecule has 5 nitrogen and oxygen atoms in total. The second kappa shape index (κ2) is 7.44. The lowest BCUT2D eigenvalue weighted by Crippen LogP contribution is -2.49.